The summed E-state index contributed by atoms with van der Waals surface area (Å²) in [6, 6.07) is 9.55. The highest BCUT2D eigenvalue weighted by Crippen LogP contribution is 2.16. The average molecular weight is 285 g/mol. The zero-order chi connectivity index (χ0) is 15.2. The molecule has 1 aliphatic rings. The molecule has 0 bridgehead atoms. The van der Waals surface area contributed by atoms with E-state index in [1.807, 2.05) is 0 Å². The van der Waals surface area contributed by atoms with Gasteiger partial charge in [0.15, 0.2) is 5.78 Å². The number of Topliss-reactive ketones (excluding diaryl/α,β-unsaturated/α-hetero) is 1. The number of hydrogen-bond donors (Lipinski definition) is 0. The number of likely N-dealkylation sites (tertiary alicyclic amines) is 1. The molecule has 0 spiro atoms. The molecule has 2 rings (SSSR count). The summed E-state index contributed by atoms with van der Waals surface area (Å²) in [5.41, 5.74) is 1.29. The summed E-state index contributed by atoms with van der Waals surface area (Å²) in [5.74, 6) is 0.139. The van der Waals surface area contributed by atoms with Crippen LogP contribution < -0.4 is 0 Å². The van der Waals surface area contributed by atoms with Crippen LogP contribution in [0.4, 0.5) is 0 Å². The Balaban J connectivity index is 1.90. The highest BCUT2D eigenvalue weighted by molar-refractivity contribution is 5.97. The third kappa shape index (κ3) is 3.90. The van der Waals surface area contributed by atoms with E-state index in [-0.39, 0.29) is 5.78 Å². The van der Waals surface area contributed by atoms with Crippen LogP contribution in [0.1, 0.15) is 36.2 Å². The molecule has 1 aliphatic heterocycles. The Bertz CT molecular complexity index is 514. The van der Waals surface area contributed by atoms with Crippen LogP contribution in [0, 0.1) is 11.3 Å². The molecule has 1 aromatic rings. The highest BCUT2D eigenvalue weighted by Gasteiger charge is 2.27. The smallest absolute Gasteiger partial charge is 0.176 e. The number of carbonyl (C=O) groups is 1. The van der Waals surface area contributed by atoms with E-state index >= 15 is 0 Å². The van der Waals surface area contributed by atoms with Gasteiger partial charge in [0, 0.05) is 24.7 Å². The van der Waals surface area contributed by atoms with Crippen LogP contribution in [-0.2, 0) is 0 Å². The van der Waals surface area contributed by atoms with Crippen molar-refractivity contribution in [2.24, 2.45) is 0 Å². The van der Waals surface area contributed by atoms with Crippen LogP contribution in [0.3, 0.4) is 0 Å². The fourth-order valence-corrected chi connectivity index (χ4v) is 3.02. The number of benzene rings is 1. The topological polar surface area (TPSA) is 47.3 Å². The molecular formula is C17H23N3O. The third-order valence-corrected chi connectivity index (χ3v) is 4.28. The van der Waals surface area contributed by atoms with E-state index in [2.05, 4.69) is 29.7 Å². The molecule has 1 unspecified atom stereocenters. The van der Waals surface area contributed by atoms with Crippen LogP contribution in [0.5, 0.6) is 0 Å². The summed E-state index contributed by atoms with van der Waals surface area (Å²) >= 11 is 0. The van der Waals surface area contributed by atoms with Crippen molar-refractivity contribution >= 4 is 5.78 Å². The summed E-state index contributed by atoms with van der Waals surface area (Å²) in [7, 11) is 0. The van der Waals surface area contributed by atoms with Crippen LogP contribution in [0.25, 0.3) is 0 Å². The fraction of sp³-hybridized carbons (Fsp3) is 0.529. The van der Waals surface area contributed by atoms with Gasteiger partial charge in [0.2, 0.25) is 0 Å². The van der Waals surface area contributed by atoms with Gasteiger partial charge in [0.25, 0.3) is 0 Å². The molecule has 0 aromatic heterocycles. The first-order chi connectivity index (χ1) is 10.2. The van der Waals surface area contributed by atoms with Crippen molar-refractivity contribution in [3.8, 4) is 6.07 Å². The number of nitrogens with zero attached hydrogens (tertiary/aromatic N) is 3. The van der Waals surface area contributed by atoms with E-state index in [4.69, 9.17) is 5.26 Å². The molecule has 0 saturated carbocycles. The molecule has 0 N–H and O–H groups in total. The van der Waals surface area contributed by atoms with Crippen molar-refractivity contribution in [3.05, 3.63) is 35.4 Å². The predicted octanol–water partition coefficient (Wildman–Crippen LogP) is 2.16. The normalized spacial score (nSPS) is 18.9. The maximum Gasteiger partial charge on any atom is 0.176 e. The number of carbonyl (C=O) groups excluding carboxylic acids is 1. The summed E-state index contributed by atoms with van der Waals surface area (Å²) in [6.45, 7) is 8.95. The molecule has 0 radical (unpaired) electrons. The first kappa shape index (κ1) is 15.7. The van der Waals surface area contributed by atoms with E-state index in [1.165, 1.54) is 0 Å². The molecule has 4 heteroatoms. The van der Waals surface area contributed by atoms with Crippen LogP contribution in [0.15, 0.2) is 24.3 Å². The lowest BCUT2D eigenvalue weighted by molar-refractivity contribution is 0.0939. The molecule has 1 atom stereocenters. The number of nitriles is 1. The van der Waals surface area contributed by atoms with E-state index in [1.54, 1.807) is 24.3 Å². The molecule has 0 amide bonds. The van der Waals surface area contributed by atoms with Crippen molar-refractivity contribution in [1.29, 1.82) is 5.26 Å². The van der Waals surface area contributed by atoms with Gasteiger partial charge in [0.1, 0.15) is 0 Å². The Labute approximate surface area is 127 Å². The molecule has 0 aliphatic carbocycles. The zero-order valence-corrected chi connectivity index (χ0v) is 12.9. The van der Waals surface area contributed by atoms with Gasteiger partial charge < -0.3 is 0 Å². The quantitative estimate of drug-likeness (QED) is 0.751. The van der Waals surface area contributed by atoms with E-state index in [0.717, 1.165) is 32.6 Å². The predicted molar refractivity (Wildman–Crippen MR) is 83.3 cm³/mol. The van der Waals surface area contributed by atoms with E-state index in [0.29, 0.717) is 23.7 Å². The molecule has 1 saturated heterocycles. The highest BCUT2D eigenvalue weighted by atomic mass is 16.1. The van der Waals surface area contributed by atoms with Crippen LogP contribution in [-0.4, -0.2) is 54.3 Å². The Morgan fingerprint density at radius 3 is 2.57 bits per heavy atom. The minimum absolute atomic E-state index is 0.139. The number of ketones is 1. The monoisotopic (exact) mass is 285 g/mol. The second kappa shape index (κ2) is 7.35. The molecule has 1 heterocycles. The summed E-state index contributed by atoms with van der Waals surface area (Å²) in [6.07, 6.45) is 1.14. The van der Waals surface area contributed by atoms with Gasteiger partial charge in [-0.25, -0.2) is 0 Å². The first-order valence-corrected chi connectivity index (χ1v) is 7.67. The second-order valence-electron chi connectivity index (χ2n) is 5.51. The Morgan fingerprint density at radius 1 is 1.33 bits per heavy atom. The van der Waals surface area contributed by atoms with Crippen LogP contribution >= 0.6 is 0 Å². The maximum atomic E-state index is 12.3. The molecule has 1 fully saturated rings. The summed E-state index contributed by atoms with van der Waals surface area (Å²) < 4.78 is 0. The average Bonchev–Trinajstić information content (AvgIpc) is 2.97. The van der Waals surface area contributed by atoms with Gasteiger partial charge in [0.05, 0.1) is 18.2 Å². The van der Waals surface area contributed by atoms with Crippen molar-refractivity contribution in [1.82, 2.24) is 9.80 Å². The Morgan fingerprint density at radius 2 is 2.00 bits per heavy atom. The summed E-state index contributed by atoms with van der Waals surface area (Å²) in [5, 5.41) is 8.78. The maximum absolute atomic E-state index is 12.3. The molecule has 21 heavy (non-hydrogen) atoms. The molecule has 1 aromatic carbocycles. The number of likely N-dealkylation sites (N-methyl/N-ethyl adjacent to an activating group) is 1. The molecule has 112 valence electrons. The minimum Gasteiger partial charge on any atom is -0.300 e. The summed E-state index contributed by atoms with van der Waals surface area (Å²) in [4.78, 5) is 17.0. The first-order valence-electron chi connectivity index (χ1n) is 7.67. The minimum atomic E-state index is 0.139. The number of rotatable bonds is 6. The van der Waals surface area contributed by atoms with E-state index < -0.39 is 0 Å². The Hall–Kier alpha value is -1.70. The lowest BCUT2D eigenvalue weighted by Gasteiger charge is -2.26. The van der Waals surface area contributed by atoms with Gasteiger partial charge in [-0.15, -0.1) is 0 Å². The van der Waals surface area contributed by atoms with Gasteiger partial charge in [-0.1, -0.05) is 26.0 Å². The van der Waals surface area contributed by atoms with E-state index in [9.17, 15) is 4.79 Å². The van der Waals surface area contributed by atoms with Gasteiger partial charge in [-0.05, 0) is 31.6 Å². The Kier molecular flexibility index (Phi) is 5.49. The van der Waals surface area contributed by atoms with Gasteiger partial charge in [-0.2, -0.15) is 5.26 Å². The van der Waals surface area contributed by atoms with Crippen LogP contribution in [0.2, 0.25) is 0 Å². The molecular weight excluding hydrogens is 262 g/mol. The standard InChI is InChI=1S/C17H23N3O/c1-3-20(4-2)16-9-10-19(12-16)13-17(21)15-7-5-14(11-18)6-8-15/h5-8,16H,3-4,9-10,12-13H2,1-2H3. The van der Waals surface area contributed by atoms with Gasteiger partial charge in [-0.3, -0.25) is 14.6 Å². The second-order valence-corrected chi connectivity index (χ2v) is 5.51. The van der Waals surface area contributed by atoms with Crippen molar-refractivity contribution in [3.63, 3.8) is 0 Å². The lowest BCUT2D eigenvalue weighted by Crippen LogP contribution is -2.38. The molecule has 4 nitrogen and oxygen atoms in total. The van der Waals surface area contributed by atoms with Crippen molar-refractivity contribution in [2.45, 2.75) is 26.3 Å². The fourth-order valence-electron chi connectivity index (χ4n) is 3.02. The lowest BCUT2D eigenvalue weighted by atomic mass is 10.1. The SMILES string of the molecule is CCN(CC)C1CCN(CC(=O)c2ccc(C#N)cc2)C1. The number of hydrogen-bond acceptors (Lipinski definition) is 4. The third-order valence-electron chi connectivity index (χ3n) is 4.28. The largest absolute Gasteiger partial charge is 0.300 e. The van der Waals surface area contributed by atoms with Crippen molar-refractivity contribution < 1.29 is 4.79 Å². The zero-order valence-electron chi connectivity index (χ0n) is 12.9. The van der Waals surface area contributed by atoms with Crippen molar-refractivity contribution in [2.75, 3.05) is 32.7 Å². The van der Waals surface area contributed by atoms with Gasteiger partial charge >= 0.3 is 0 Å².